The summed E-state index contributed by atoms with van der Waals surface area (Å²) in [4.78, 5) is 19.6. The molecule has 0 spiro atoms. The van der Waals surface area contributed by atoms with Crippen LogP contribution in [0.5, 0.6) is 0 Å². The molecule has 3 heterocycles. The van der Waals surface area contributed by atoms with Gasteiger partial charge in [0.05, 0.1) is 6.20 Å². The summed E-state index contributed by atoms with van der Waals surface area (Å²) in [5.41, 5.74) is 1.28. The minimum Gasteiger partial charge on any atom is -0.337 e. The Balaban J connectivity index is 1.57. The number of hydrogen-bond donors (Lipinski definition) is 0. The van der Waals surface area contributed by atoms with E-state index in [0.717, 1.165) is 29.4 Å². The smallest absolute Gasteiger partial charge is 0.272 e. The molecular weight excluding hydrogens is 332 g/mol. The molecule has 1 saturated heterocycles. The van der Waals surface area contributed by atoms with Crippen molar-refractivity contribution in [1.29, 1.82) is 0 Å². The van der Waals surface area contributed by atoms with E-state index in [-0.39, 0.29) is 11.8 Å². The molecule has 1 aromatic carbocycles. The molecule has 3 aromatic rings. The van der Waals surface area contributed by atoms with E-state index in [1.54, 1.807) is 21.6 Å². The van der Waals surface area contributed by atoms with Gasteiger partial charge in [-0.2, -0.15) is 0 Å². The fraction of sp³-hybridized carbons (Fsp3) is 0.294. The lowest BCUT2D eigenvalue weighted by Gasteiger charge is -2.33. The number of benzene rings is 1. The molecule has 0 saturated carbocycles. The summed E-state index contributed by atoms with van der Waals surface area (Å²) >= 11 is 1.48. The predicted octanol–water partition coefficient (Wildman–Crippen LogP) is 3.69. The first kappa shape index (κ1) is 15.3. The van der Waals surface area contributed by atoms with Crippen LogP contribution >= 0.6 is 11.3 Å². The van der Waals surface area contributed by atoms with E-state index < -0.39 is 11.6 Å². The van der Waals surface area contributed by atoms with Crippen LogP contribution in [0.1, 0.15) is 34.8 Å². The molecular formula is C17H15F2N3OS. The first-order valence-electron chi connectivity index (χ1n) is 7.78. The van der Waals surface area contributed by atoms with E-state index in [1.165, 1.54) is 17.4 Å². The van der Waals surface area contributed by atoms with Gasteiger partial charge in [-0.25, -0.2) is 13.8 Å². The molecule has 124 valence electrons. The second-order valence-electron chi connectivity index (χ2n) is 5.96. The van der Waals surface area contributed by atoms with Crippen LogP contribution in [0.25, 0.3) is 4.96 Å². The van der Waals surface area contributed by atoms with Crippen molar-refractivity contribution in [2.45, 2.75) is 18.8 Å². The summed E-state index contributed by atoms with van der Waals surface area (Å²) in [6.07, 6.45) is 5.11. The Morgan fingerprint density at radius 1 is 1.29 bits per heavy atom. The second kappa shape index (κ2) is 5.98. The fourth-order valence-corrected chi connectivity index (χ4v) is 3.94. The van der Waals surface area contributed by atoms with E-state index >= 15 is 0 Å². The third-order valence-electron chi connectivity index (χ3n) is 4.49. The first-order chi connectivity index (χ1) is 11.6. The Hall–Kier alpha value is -2.28. The zero-order chi connectivity index (χ0) is 16.7. The van der Waals surface area contributed by atoms with Crippen molar-refractivity contribution in [1.82, 2.24) is 14.3 Å². The Morgan fingerprint density at radius 3 is 3.00 bits per heavy atom. The lowest BCUT2D eigenvalue weighted by Crippen LogP contribution is -2.39. The molecule has 0 aliphatic carbocycles. The van der Waals surface area contributed by atoms with Gasteiger partial charge < -0.3 is 4.90 Å². The van der Waals surface area contributed by atoms with E-state index in [4.69, 9.17) is 0 Å². The van der Waals surface area contributed by atoms with Gasteiger partial charge in [0.2, 0.25) is 0 Å². The maximum Gasteiger partial charge on any atom is 0.272 e. The van der Waals surface area contributed by atoms with Gasteiger partial charge in [-0.3, -0.25) is 9.20 Å². The topological polar surface area (TPSA) is 37.6 Å². The summed E-state index contributed by atoms with van der Waals surface area (Å²) in [5, 5.41) is 1.89. The number of thiazole rings is 1. The van der Waals surface area contributed by atoms with Gasteiger partial charge >= 0.3 is 0 Å². The van der Waals surface area contributed by atoms with Crippen LogP contribution in [0.3, 0.4) is 0 Å². The summed E-state index contributed by atoms with van der Waals surface area (Å²) in [6, 6.07) is 3.99. The van der Waals surface area contributed by atoms with Crippen LogP contribution in [-0.4, -0.2) is 33.3 Å². The van der Waals surface area contributed by atoms with Crippen molar-refractivity contribution in [2.24, 2.45) is 0 Å². The normalized spacial score (nSPS) is 18.2. The fourth-order valence-electron chi connectivity index (χ4n) is 3.25. The molecule has 0 N–H and O–H groups in total. The third-order valence-corrected chi connectivity index (χ3v) is 5.26. The predicted molar refractivity (Wildman–Crippen MR) is 87.3 cm³/mol. The standard InChI is InChI=1S/C17H15F2N3OS/c18-13-4-3-11(8-14(13)19)12-2-1-5-21(10-12)16(23)15-9-20-17-22(15)6-7-24-17/h3-4,6-9,12H,1-2,5,10H2. The molecule has 24 heavy (non-hydrogen) atoms. The summed E-state index contributed by atoms with van der Waals surface area (Å²) in [6.45, 7) is 1.16. The molecule has 1 aliphatic rings. The zero-order valence-corrected chi connectivity index (χ0v) is 13.6. The Bertz CT molecular complexity index is 904. The van der Waals surface area contributed by atoms with Crippen molar-refractivity contribution in [2.75, 3.05) is 13.1 Å². The summed E-state index contributed by atoms with van der Waals surface area (Å²) in [7, 11) is 0. The Kier molecular flexibility index (Phi) is 3.80. The van der Waals surface area contributed by atoms with Gasteiger partial charge in [0.1, 0.15) is 5.69 Å². The second-order valence-corrected chi connectivity index (χ2v) is 6.84. The number of amides is 1. The van der Waals surface area contributed by atoms with Crippen LogP contribution in [0.15, 0.2) is 36.0 Å². The Morgan fingerprint density at radius 2 is 2.17 bits per heavy atom. The summed E-state index contributed by atoms with van der Waals surface area (Å²) < 4.78 is 28.4. The number of fused-ring (bicyclic) bond motifs is 1. The number of likely N-dealkylation sites (tertiary alicyclic amines) is 1. The molecule has 1 aliphatic heterocycles. The average Bonchev–Trinajstić information content (AvgIpc) is 3.20. The van der Waals surface area contributed by atoms with Crippen LogP contribution in [0.2, 0.25) is 0 Å². The van der Waals surface area contributed by atoms with Crippen molar-refractivity contribution in [3.05, 3.63) is 58.9 Å². The van der Waals surface area contributed by atoms with Gasteiger partial charge in [-0.1, -0.05) is 6.07 Å². The number of carbonyl (C=O) groups excluding carboxylic acids is 1. The average molecular weight is 347 g/mol. The highest BCUT2D eigenvalue weighted by atomic mass is 32.1. The quantitative estimate of drug-likeness (QED) is 0.709. The molecule has 1 atom stereocenters. The monoisotopic (exact) mass is 347 g/mol. The third kappa shape index (κ3) is 2.58. The number of rotatable bonds is 2. The van der Waals surface area contributed by atoms with Crippen molar-refractivity contribution >= 4 is 22.2 Å². The van der Waals surface area contributed by atoms with E-state index in [9.17, 15) is 13.6 Å². The number of piperidine rings is 1. The minimum absolute atomic E-state index is 0.0173. The van der Waals surface area contributed by atoms with Crippen LogP contribution < -0.4 is 0 Å². The molecule has 0 bridgehead atoms. The van der Waals surface area contributed by atoms with Crippen LogP contribution in [-0.2, 0) is 0 Å². The van der Waals surface area contributed by atoms with Gasteiger partial charge in [0.15, 0.2) is 16.6 Å². The molecule has 4 nitrogen and oxygen atoms in total. The molecule has 4 rings (SSSR count). The maximum absolute atomic E-state index is 13.5. The molecule has 1 unspecified atom stereocenters. The first-order valence-corrected chi connectivity index (χ1v) is 8.66. The number of halogens is 2. The zero-order valence-electron chi connectivity index (χ0n) is 12.8. The van der Waals surface area contributed by atoms with Crippen molar-refractivity contribution < 1.29 is 13.6 Å². The maximum atomic E-state index is 13.5. The van der Waals surface area contributed by atoms with E-state index in [0.29, 0.717) is 18.8 Å². The minimum atomic E-state index is -0.846. The van der Waals surface area contributed by atoms with Gasteiger partial charge in [-0.15, -0.1) is 11.3 Å². The van der Waals surface area contributed by atoms with Gasteiger partial charge in [0.25, 0.3) is 5.91 Å². The van der Waals surface area contributed by atoms with E-state index in [1.807, 2.05) is 11.6 Å². The van der Waals surface area contributed by atoms with E-state index in [2.05, 4.69) is 4.98 Å². The highest BCUT2D eigenvalue weighted by Gasteiger charge is 2.27. The number of nitrogens with zero attached hydrogens (tertiary/aromatic N) is 3. The van der Waals surface area contributed by atoms with Crippen LogP contribution in [0, 0.1) is 11.6 Å². The number of imidazole rings is 1. The molecule has 0 radical (unpaired) electrons. The highest BCUT2D eigenvalue weighted by Crippen LogP contribution is 2.29. The Labute approximate surface area is 141 Å². The van der Waals surface area contributed by atoms with Gasteiger partial charge in [-0.05, 0) is 30.5 Å². The number of carbonyl (C=O) groups is 1. The molecule has 1 amide bonds. The lowest BCUT2D eigenvalue weighted by atomic mass is 9.90. The highest BCUT2D eigenvalue weighted by molar-refractivity contribution is 7.15. The largest absolute Gasteiger partial charge is 0.337 e. The molecule has 7 heteroatoms. The number of hydrogen-bond acceptors (Lipinski definition) is 3. The van der Waals surface area contributed by atoms with Crippen molar-refractivity contribution in [3.8, 4) is 0 Å². The SMILES string of the molecule is O=C(c1cnc2sccn12)N1CCCC(c2ccc(F)c(F)c2)C1. The number of aromatic nitrogens is 2. The molecule has 1 fully saturated rings. The van der Waals surface area contributed by atoms with Crippen molar-refractivity contribution in [3.63, 3.8) is 0 Å². The van der Waals surface area contributed by atoms with Crippen LogP contribution in [0.4, 0.5) is 8.78 Å². The lowest BCUT2D eigenvalue weighted by molar-refractivity contribution is 0.0700. The van der Waals surface area contributed by atoms with Gasteiger partial charge in [0, 0.05) is 30.6 Å². The molecule has 2 aromatic heterocycles. The summed E-state index contributed by atoms with van der Waals surface area (Å²) in [5.74, 6) is -1.75.